The Hall–Kier alpha value is -3.39. The highest BCUT2D eigenvalue weighted by atomic mass is 35.5. The minimum Gasteiger partial charge on any atom is -0.495 e. The van der Waals surface area contributed by atoms with Gasteiger partial charge in [-0.2, -0.15) is 0 Å². The number of anilines is 2. The number of nitrogens with one attached hydrogen (secondary N) is 1. The fourth-order valence-electron chi connectivity index (χ4n) is 9.77. The van der Waals surface area contributed by atoms with Crippen molar-refractivity contribution in [3.63, 3.8) is 0 Å². The van der Waals surface area contributed by atoms with Crippen LogP contribution in [0.2, 0.25) is 5.02 Å². The van der Waals surface area contributed by atoms with Crippen molar-refractivity contribution in [2.75, 3.05) is 56.8 Å². The van der Waals surface area contributed by atoms with Gasteiger partial charge in [-0.1, -0.05) is 55.8 Å². The van der Waals surface area contributed by atoms with E-state index in [1.807, 2.05) is 32.0 Å². The van der Waals surface area contributed by atoms with E-state index < -0.39 is 47.6 Å². The molecule has 1 saturated carbocycles. The van der Waals surface area contributed by atoms with Crippen LogP contribution >= 0.6 is 11.6 Å². The molecular formula is C40H53ClN4O8. The van der Waals surface area contributed by atoms with E-state index in [2.05, 4.69) is 34.2 Å². The third-order valence-corrected chi connectivity index (χ3v) is 12.9. The smallest absolute Gasteiger partial charge is 0.323 e. The number of hydrogen-bond acceptors (Lipinski definition) is 12. The first-order valence-corrected chi connectivity index (χ1v) is 19.2. The third kappa shape index (κ3) is 6.69. The number of piperazine rings is 1. The number of methoxy groups -OCH3 is 1. The van der Waals surface area contributed by atoms with Crippen molar-refractivity contribution in [2.45, 2.75) is 82.6 Å². The van der Waals surface area contributed by atoms with E-state index in [4.69, 9.17) is 30.6 Å². The van der Waals surface area contributed by atoms with Gasteiger partial charge in [0.1, 0.15) is 23.0 Å². The zero-order valence-electron chi connectivity index (χ0n) is 31.5. The molecule has 3 fully saturated rings. The molecule has 3 aliphatic heterocycles. The lowest BCUT2D eigenvalue weighted by Gasteiger charge is -2.56. The lowest BCUT2D eigenvalue weighted by atomic mass is 9.55. The molecule has 2 saturated heterocycles. The number of esters is 2. The van der Waals surface area contributed by atoms with Crippen LogP contribution in [0.4, 0.5) is 11.4 Å². The van der Waals surface area contributed by atoms with Gasteiger partial charge >= 0.3 is 11.9 Å². The molecule has 53 heavy (non-hydrogen) atoms. The van der Waals surface area contributed by atoms with Gasteiger partial charge in [0.2, 0.25) is 0 Å². The molecular weight excluding hydrogens is 700 g/mol. The van der Waals surface area contributed by atoms with E-state index in [0.717, 1.165) is 62.6 Å². The number of benzene rings is 2. The Balaban J connectivity index is 1.10. The second-order valence-electron chi connectivity index (χ2n) is 15.8. The fraction of sp³-hybridized carbons (Fsp3) is 0.600. The number of para-hydroxylation sites is 3. The number of nitrogens with zero attached hydrogens (tertiary/aromatic N) is 3. The summed E-state index contributed by atoms with van der Waals surface area (Å²) in [6.07, 6.45) is 0.574. The maximum Gasteiger partial charge on any atom is 0.323 e. The summed E-state index contributed by atoms with van der Waals surface area (Å²) < 4.78 is 17.8. The zero-order chi connectivity index (χ0) is 37.8. The van der Waals surface area contributed by atoms with Gasteiger partial charge in [0.25, 0.3) is 0 Å². The van der Waals surface area contributed by atoms with Crippen molar-refractivity contribution in [3.05, 3.63) is 64.7 Å². The highest BCUT2D eigenvalue weighted by molar-refractivity contribution is 6.33. The van der Waals surface area contributed by atoms with E-state index in [9.17, 15) is 19.8 Å². The van der Waals surface area contributed by atoms with Gasteiger partial charge < -0.3 is 29.3 Å². The first kappa shape index (κ1) is 37.9. The molecule has 0 bridgehead atoms. The number of carbonyl (C=O) groups excluding carboxylic acids is 2. The van der Waals surface area contributed by atoms with Crippen molar-refractivity contribution in [2.24, 2.45) is 23.7 Å². The second kappa shape index (κ2) is 14.7. The molecule has 3 heterocycles. The third-order valence-electron chi connectivity index (χ3n) is 12.6. The highest BCUT2D eigenvalue weighted by Crippen LogP contribution is 2.53. The molecule has 2 aliphatic carbocycles. The lowest BCUT2D eigenvalue weighted by molar-refractivity contribution is -0.225. The summed E-state index contributed by atoms with van der Waals surface area (Å²) in [7, 11) is 3.40. The van der Waals surface area contributed by atoms with Crippen LogP contribution in [0, 0.1) is 23.7 Å². The molecule has 7 rings (SSSR count). The number of rotatable bonds is 8. The van der Waals surface area contributed by atoms with Gasteiger partial charge in [-0.15, -0.1) is 0 Å². The van der Waals surface area contributed by atoms with E-state index >= 15 is 0 Å². The summed E-state index contributed by atoms with van der Waals surface area (Å²) in [6.45, 7) is 11.9. The van der Waals surface area contributed by atoms with E-state index in [0.29, 0.717) is 16.3 Å². The van der Waals surface area contributed by atoms with Crippen LogP contribution in [0.5, 0.6) is 5.75 Å². The number of fused-ring (bicyclic) bond motifs is 4. The van der Waals surface area contributed by atoms with Crippen molar-refractivity contribution < 1.29 is 38.9 Å². The Morgan fingerprint density at radius 2 is 1.81 bits per heavy atom. The summed E-state index contributed by atoms with van der Waals surface area (Å²) in [6, 6.07) is 12.4. The molecule has 0 spiro atoms. The number of ether oxygens (including phenoxy) is 3. The van der Waals surface area contributed by atoms with Crippen LogP contribution in [0.15, 0.2) is 54.1 Å². The summed E-state index contributed by atoms with van der Waals surface area (Å²) in [5, 5.41) is 29.9. The largest absolute Gasteiger partial charge is 0.495 e. The fourth-order valence-corrected chi connectivity index (χ4v) is 10.1. The maximum atomic E-state index is 14.2. The lowest BCUT2D eigenvalue weighted by Crippen LogP contribution is -2.66. The predicted octanol–water partition coefficient (Wildman–Crippen LogP) is 4.26. The van der Waals surface area contributed by atoms with Gasteiger partial charge in [-0.3, -0.25) is 29.7 Å². The number of halogens is 1. The first-order valence-electron chi connectivity index (χ1n) is 18.8. The summed E-state index contributed by atoms with van der Waals surface area (Å²) in [5.41, 5.74) is -0.158. The Labute approximate surface area is 316 Å². The standard InChI is InChI=1S/C40H53ClN4O8/c1-23-20-29-27(24(2)22-44-16-18-45(19-17-44)32-12-7-8-13-33(32)50-6)15-14-25(3)40(29,49)36(35(23)51-26(4)46)52-37(47)31-21-39(48)28-10-9-11-30(41)34(28)43(5)53-38(39)42-31/h7-13,20,24-25,27,29,31,35-36,38,42,48-49H,14-19,21-22H2,1-6H3/t24?,25-,27+,29-,31+,35-,36+,38-,39-,40-/m1/s1. The molecule has 288 valence electrons. The molecule has 1 unspecified atom stereocenters. The van der Waals surface area contributed by atoms with Crippen molar-refractivity contribution in [3.8, 4) is 5.75 Å². The highest BCUT2D eigenvalue weighted by Gasteiger charge is 2.62. The molecule has 12 nitrogen and oxygen atoms in total. The van der Waals surface area contributed by atoms with Crippen LogP contribution in [0.25, 0.3) is 0 Å². The minimum atomic E-state index is -1.56. The van der Waals surface area contributed by atoms with E-state index in [1.54, 1.807) is 32.4 Å². The molecule has 5 aliphatic rings. The number of carbonyl (C=O) groups is 2. The van der Waals surface area contributed by atoms with Crippen molar-refractivity contribution in [1.29, 1.82) is 0 Å². The van der Waals surface area contributed by atoms with Crippen LogP contribution in [0.3, 0.4) is 0 Å². The van der Waals surface area contributed by atoms with Crippen molar-refractivity contribution >= 4 is 34.9 Å². The molecule has 13 heteroatoms. The summed E-state index contributed by atoms with van der Waals surface area (Å²) in [5.74, 6) is -0.600. The summed E-state index contributed by atoms with van der Waals surface area (Å²) in [4.78, 5) is 37.5. The van der Waals surface area contributed by atoms with E-state index in [-0.39, 0.29) is 30.1 Å². The molecule has 2 aromatic rings. The number of hydrogen-bond donors (Lipinski definition) is 3. The Bertz CT molecular complexity index is 1740. The van der Waals surface area contributed by atoms with Crippen LogP contribution in [-0.4, -0.2) is 104 Å². The monoisotopic (exact) mass is 752 g/mol. The zero-order valence-corrected chi connectivity index (χ0v) is 32.2. The van der Waals surface area contributed by atoms with Gasteiger partial charge in [0.15, 0.2) is 18.4 Å². The number of aliphatic hydroxyl groups is 2. The van der Waals surface area contributed by atoms with Gasteiger partial charge in [0, 0.05) is 64.6 Å². The first-order chi connectivity index (χ1) is 25.3. The molecule has 0 amide bonds. The number of hydroxylamine groups is 1. The van der Waals surface area contributed by atoms with E-state index in [1.165, 1.54) is 12.0 Å². The van der Waals surface area contributed by atoms with Crippen LogP contribution < -0.4 is 20.0 Å². The average molecular weight is 753 g/mol. The SMILES string of the molecule is COc1ccccc1N1CCN(CC(C)[C@@H]2CC[C@@H](C)[C@@]3(O)[C@@H]2C=C(C)[C@@H](OC(C)=O)[C@@H]3OC(=O)[C@@H]2C[C@@]3(O)c4cccc(Cl)c4N(C)O[C@H]3N2)CC1. The molecule has 2 aromatic carbocycles. The molecule has 10 atom stereocenters. The van der Waals surface area contributed by atoms with Gasteiger partial charge in [0.05, 0.1) is 23.5 Å². The molecule has 0 radical (unpaired) electrons. The maximum absolute atomic E-state index is 14.2. The quantitative estimate of drug-likeness (QED) is 0.263. The molecule has 0 aromatic heterocycles. The second-order valence-corrected chi connectivity index (χ2v) is 16.2. The Morgan fingerprint density at radius 3 is 2.53 bits per heavy atom. The molecule has 3 N–H and O–H groups in total. The average Bonchev–Trinajstić information content (AvgIpc) is 3.48. The van der Waals surface area contributed by atoms with Crippen molar-refractivity contribution in [1.82, 2.24) is 10.2 Å². The Morgan fingerprint density at radius 1 is 1.08 bits per heavy atom. The van der Waals surface area contributed by atoms with Gasteiger partial charge in [-0.05, 0) is 61.3 Å². The predicted molar refractivity (Wildman–Crippen MR) is 200 cm³/mol. The normalized spacial score (nSPS) is 34.7. The van der Waals surface area contributed by atoms with Crippen LogP contribution in [-0.2, 0) is 29.5 Å². The van der Waals surface area contributed by atoms with Crippen LogP contribution in [0.1, 0.15) is 52.5 Å². The summed E-state index contributed by atoms with van der Waals surface area (Å²) >= 11 is 6.48. The van der Waals surface area contributed by atoms with Gasteiger partial charge in [-0.25, -0.2) is 0 Å². The topological polar surface area (TPSA) is 133 Å². The minimum absolute atomic E-state index is 0.0428. The Kier molecular flexibility index (Phi) is 10.5.